The molecule has 2 rings (SSSR count). The van der Waals surface area contributed by atoms with E-state index in [1.807, 2.05) is 6.08 Å². The van der Waals surface area contributed by atoms with Crippen molar-refractivity contribution in [3.63, 3.8) is 0 Å². The Kier molecular flexibility index (Phi) is 26.2. The maximum Gasteiger partial charge on any atom is 4.00 e. The average molecular weight is 452 g/mol. The summed E-state index contributed by atoms with van der Waals surface area (Å²) in [5, 5.41) is 0. The van der Waals surface area contributed by atoms with Gasteiger partial charge in [0.25, 0.3) is 0 Å². The summed E-state index contributed by atoms with van der Waals surface area (Å²) in [6.07, 6.45) is 13.8. The molecule has 0 amide bonds. The van der Waals surface area contributed by atoms with Gasteiger partial charge in [0.05, 0.1) is 0 Å². The molecule has 1 radical (unpaired) electrons. The molecular formula is C16H25Cl2GeZr. The molecule has 111 valence electrons. The Morgan fingerprint density at radius 1 is 1.15 bits per heavy atom. The van der Waals surface area contributed by atoms with Crippen molar-refractivity contribution >= 4 is 15.4 Å². The van der Waals surface area contributed by atoms with Crippen molar-refractivity contribution in [3.05, 3.63) is 47.1 Å². The summed E-state index contributed by atoms with van der Waals surface area (Å²) >= 11 is 0.312. The third-order valence-corrected chi connectivity index (χ3v) is 2.20. The van der Waals surface area contributed by atoms with Crippen LogP contribution in [0.1, 0.15) is 34.1 Å². The van der Waals surface area contributed by atoms with E-state index in [2.05, 4.69) is 63.5 Å². The SMILES string of the molecule is CC1=CC(C)[C-]=C1.CC1=[C-]CC(C)=C1.[CH3][GeH][CH3].[Cl-].[Cl-].[Zr+4]. The molecule has 2 aliphatic carbocycles. The molecule has 4 heteroatoms. The Morgan fingerprint density at radius 2 is 1.65 bits per heavy atom. The Bertz CT molecular complexity index is 344. The van der Waals surface area contributed by atoms with Crippen LogP contribution < -0.4 is 24.8 Å². The third kappa shape index (κ3) is 17.0. The summed E-state index contributed by atoms with van der Waals surface area (Å²) in [5.41, 5.74) is 4.06. The normalized spacial score (nSPS) is 17.5. The van der Waals surface area contributed by atoms with Crippen molar-refractivity contribution < 1.29 is 51.0 Å². The molecule has 0 N–H and O–H groups in total. The van der Waals surface area contributed by atoms with E-state index in [4.69, 9.17) is 0 Å². The van der Waals surface area contributed by atoms with E-state index in [0.717, 1.165) is 6.42 Å². The van der Waals surface area contributed by atoms with Gasteiger partial charge in [-0.3, -0.25) is 12.2 Å². The molecule has 0 nitrogen and oxygen atoms in total. The Morgan fingerprint density at radius 3 is 1.75 bits per heavy atom. The summed E-state index contributed by atoms with van der Waals surface area (Å²) in [7, 11) is 0. The van der Waals surface area contributed by atoms with Gasteiger partial charge in [-0.05, 0) is 0 Å². The smallest absolute Gasteiger partial charge is 1.00 e. The van der Waals surface area contributed by atoms with Crippen LogP contribution in [0.25, 0.3) is 0 Å². The topological polar surface area (TPSA) is 0 Å². The minimum Gasteiger partial charge on any atom is -1.00 e. The Hall–Kier alpha value is 0.966. The Balaban J connectivity index is -0.0000000956. The van der Waals surface area contributed by atoms with Gasteiger partial charge in [0.15, 0.2) is 0 Å². The van der Waals surface area contributed by atoms with Gasteiger partial charge in [0.2, 0.25) is 0 Å². The second-order valence-electron chi connectivity index (χ2n) is 4.61. The van der Waals surface area contributed by atoms with Gasteiger partial charge < -0.3 is 24.8 Å². The molecule has 0 saturated heterocycles. The zero-order valence-electron chi connectivity index (χ0n) is 13.3. The Labute approximate surface area is 164 Å². The first-order valence-corrected chi connectivity index (χ1v) is 11.1. The molecular weight excluding hydrogens is 427 g/mol. The minimum atomic E-state index is 0. The van der Waals surface area contributed by atoms with Crippen LogP contribution in [0.15, 0.2) is 34.9 Å². The molecule has 0 aliphatic heterocycles. The molecule has 0 aromatic heterocycles. The molecule has 0 saturated carbocycles. The van der Waals surface area contributed by atoms with E-state index < -0.39 is 0 Å². The van der Waals surface area contributed by atoms with Gasteiger partial charge in [-0.1, -0.05) is 26.7 Å². The van der Waals surface area contributed by atoms with Crippen molar-refractivity contribution in [1.29, 1.82) is 0 Å². The van der Waals surface area contributed by atoms with Crippen LogP contribution in [-0.2, 0) is 26.2 Å². The van der Waals surface area contributed by atoms with Gasteiger partial charge in [0.1, 0.15) is 0 Å². The van der Waals surface area contributed by atoms with E-state index >= 15 is 0 Å². The summed E-state index contributed by atoms with van der Waals surface area (Å²) in [6, 6.07) is 0. The van der Waals surface area contributed by atoms with Crippen LogP contribution in [0.2, 0.25) is 11.5 Å². The van der Waals surface area contributed by atoms with Crippen molar-refractivity contribution in [1.82, 2.24) is 0 Å². The molecule has 1 atom stereocenters. The molecule has 0 aromatic rings. The van der Waals surface area contributed by atoms with E-state index in [1.54, 1.807) is 0 Å². The first kappa shape index (κ1) is 29.0. The van der Waals surface area contributed by atoms with E-state index in [1.165, 1.54) is 16.7 Å². The summed E-state index contributed by atoms with van der Waals surface area (Å²) in [5.74, 6) is 5.12. The maximum absolute atomic E-state index is 3.19. The van der Waals surface area contributed by atoms with Crippen LogP contribution in [0.4, 0.5) is 0 Å². The maximum atomic E-state index is 3.19. The van der Waals surface area contributed by atoms with Crippen LogP contribution in [0.3, 0.4) is 0 Å². The van der Waals surface area contributed by atoms with Gasteiger partial charge in [0, 0.05) is 0 Å². The number of allylic oxidation sites excluding steroid dienone is 8. The number of hydrogen-bond donors (Lipinski definition) is 0. The predicted octanol–water partition coefficient (Wildman–Crippen LogP) is -1.45. The zero-order chi connectivity index (χ0) is 13.3. The molecule has 20 heavy (non-hydrogen) atoms. The fraction of sp³-hybridized carbons (Fsp3) is 0.500. The van der Waals surface area contributed by atoms with Crippen molar-refractivity contribution in [2.75, 3.05) is 0 Å². The van der Waals surface area contributed by atoms with E-state index in [9.17, 15) is 0 Å². The monoisotopic (exact) mass is 451 g/mol. The average Bonchev–Trinajstić information content (AvgIpc) is 2.78. The van der Waals surface area contributed by atoms with Crippen molar-refractivity contribution in [2.45, 2.75) is 45.6 Å². The summed E-state index contributed by atoms with van der Waals surface area (Å²) < 4.78 is 0. The first-order chi connectivity index (χ1) is 7.99. The van der Waals surface area contributed by atoms with Gasteiger partial charge in [-0.25, -0.2) is 23.3 Å². The van der Waals surface area contributed by atoms with E-state index in [-0.39, 0.29) is 51.0 Å². The van der Waals surface area contributed by atoms with Crippen molar-refractivity contribution in [2.24, 2.45) is 5.92 Å². The largest absolute Gasteiger partial charge is 4.00 e. The molecule has 1 unspecified atom stereocenters. The second-order valence-corrected chi connectivity index (χ2v) is 7.04. The molecule has 0 spiro atoms. The van der Waals surface area contributed by atoms with Crippen LogP contribution in [0.5, 0.6) is 0 Å². The first-order valence-electron chi connectivity index (χ1n) is 6.25. The second kappa shape index (κ2) is 18.0. The molecule has 0 heterocycles. The van der Waals surface area contributed by atoms with Gasteiger partial charge in [-0.15, -0.1) is 13.3 Å². The van der Waals surface area contributed by atoms with Crippen molar-refractivity contribution in [3.8, 4) is 0 Å². The zero-order valence-corrected chi connectivity index (χ0v) is 19.7. The number of rotatable bonds is 0. The molecule has 0 fully saturated rings. The summed E-state index contributed by atoms with van der Waals surface area (Å²) in [4.78, 5) is 0. The fourth-order valence-corrected chi connectivity index (χ4v) is 1.50. The predicted molar refractivity (Wildman–Crippen MR) is 80.4 cm³/mol. The van der Waals surface area contributed by atoms with Crippen LogP contribution in [0, 0.1) is 18.1 Å². The fourth-order valence-electron chi connectivity index (χ4n) is 1.50. The summed E-state index contributed by atoms with van der Waals surface area (Å²) in [6.45, 7) is 8.43. The van der Waals surface area contributed by atoms with Crippen LogP contribution >= 0.6 is 0 Å². The molecule has 0 bridgehead atoms. The minimum absolute atomic E-state index is 0. The number of hydrogen-bond acceptors (Lipinski definition) is 0. The van der Waals surface area contributed by atoms with E-state index in [0.29, 0.717) is 21.3 Å². The number of halogens is 2. The molecule has 2 aliphatic rings. The quantitative estimate of drug-likeness (QED) is 0.312. The molecule has 0 aromatic carbocycles. The van der Waals surface area contributed by atoms with Gasteiger partial charge >= 0.3 is 53.1 Å². The van der Waals surface area contributed by atoms with Gasteiger partial charge in [-0.2, -0.15) is 11.6 Å². The third-order valence-electron chi connectivity index (χ3n) is 2.20. The van der Waals surface area contributed by atoms with Crippen LogP contribution in [-0.4, -0.2) is 15.4 Å². The standard InChI is InChI=1S/2C7H9.C2H7Ge.2ClH.Zr/c2*1-6-3-4-7(2)5-6;1-3-2;;;/h5H,3H2,1-2H3;3,5,7H,1-2H3;3H,1-2H3;2*1H;/q2*-1;;;;+4/p-2.